The third-order valence-corrected chi connectivity index (χ3v) is 4.26. The first-order chi connectivity index (χ1) is 13.0. The molecule has 8 nitrogen and oxygen atoms in total. The van der Waals surface area contributed by atoms with Crippen molar-refractivity contribution in [2.45, 2.75) is 13.5 Å². The second-order valence-corrected chi connectivity index (χ2v) is 6.16. The highest BCUT2D eigenvalue weighted by Gasteiger charge is 2.14. The van der Waals surface area contributed by atoms with Crippen molar-refractivity contribution in [3.63, 3.8) is 0 Å². The normalized spacial score (nSPS) is 10.7. The summed E-state index contributed by atoms with van der Waals surface area (Å²) in [6, 6.07) is 3.13. The third-order valence-electron chi connectivity index (χ3n) is 3.99. The molecule has 0 unspecified atom stereocenters. The van der Waals surface area contributed by atoms with Gasteiger partial charge in [0, 0.05) is 30.2 Å². The minimum absolute atomic E-state index is 0.0719. The number of aryl methyl sites for hydroxylation is 1. The Morgan fingerprint density at radius 2 is 2.00 bits per heavy atom. The number of methoxy groups -OCH3 is 2. The zero-order valence-electron chi connectivity index (χ0n) is 15.0. The lowest BCUT2D eigenvalue weighted by atomic mass is 10.2. The number of benzene rings is 1. The molecule has 3 N–H and O–H groups in total. The molecule has 0 aliphatic rings. The smallest absolute Gasteiger partial charge is 0.229 e. The van der Waals surface area contributed by atoms with Crippen LogP contribution in [0.5, 0.6) is 17.2 Å². The van der Waals surface area contributed by atoms with Crippen molar-refractivity contribution in [1.82, 2.24) is 14.5 Å². The number of nitrogens with zero attached hydrogens (tertiary/aromatic N) is 3. The first-order valence-electron chi connectivity index (χ1n) is 8.00. The van der Waals surface area contributed by atoms with Crippen LogP contribution in [0.15, 0.2) is 30.7 Å². The number of halogens is 1. The summed E-state index contributed by atoms with van der Waals surface area (Å²) in [5.41, 5.74) is 2.22. The monoisotopic (exact) mass is 390 g/mol. The van der Waals surface area contributed by atoms with Crippen LogP contribution in [0, 0.1) is 6.92 Å². The van der Waals surface area contributed by atoms with Crippen molar-refractivity contribution in [2.75, 3.05) is 19.5 Å². The van der Waals surface area contributed by atoms with Crippen molar-refractivity contribution in [3.8, 4) is 23.1 Å². The van der Waals surface area contributed by atoms with Crippen LogP contribution in [-0.2, 0) is 6.61 Å². The quantitative estimate of drug-likeness (QED) is 0.594. The number of phenols is 1. The molecule has 9 heteroatoms. The molecule has 0 aliphatic heterocycles. The summed E-state index contributed by atoms with van der Waals surface area (Å²) in [5, 5.41) is 22.8. The Morgan fingerprint density at radius 1 is 1.22 bits per heavy atom. The minimum atomic E-state index is -0.0813. The van der Waals surface area contributed by atoms with E-state index in [1.165, 1.54) is 26.5 Å². The van der Waals surface area contributed by atoms with Crippen molar-refractivity contribution in [1.29, 1.82) is 0 Å². The van der Waals surface area contributed by atoms with Crippen LogP contribution in [0.3, 0.4) is 0 Å². The van der Waals surface area contributed by atoms with Gasteiger partial charge in [-0.15, -0.1) is 0 Å². The molecule has 2 aromatic heterocycles. The van der Waals surface area contributed by atoms with Gasteiger partial charge in [-0.05, 0) is 18.1 Å². The number of rotatable bonds is 6. The third kappa shape index (κ3) is 3.76. The fourth-order valence-electron chi connectivity index (χ4n) is 2.63. The summed E-state index contributed by atoms with van der Waals surface area (Å²) in [6.07, 6.45) is 5.06. The molecule has 142 valence electrons. The number of phenolic OH excluding ortho intramolecular Hbond substituents is 1. The standard InChI is InChI=1S/C18H19ClN4O4/c1-10-7-23(8-11(10)9-24)17-13(19)6-20-18(22-17)21-12-4-14(25)16(27-3)15(5-12)26-2/h4-8,24-25H,9H2,1-3H3,(H,20,21,22). The summed E-state index contributed by atoms with van der Waals surface area (Å²) in [5.74, 6) is 1.25. The predicted octanol–water partition coefficient (Wildman–Crippen LogP) is 3.19. The summed E-state index contributed by atoms with van der Waals surface area (Å²) in [4.78, 5) is 8.59. The average molecular weight is 391 g/mol. The number of ether oxygens (including phenoxy) is 2. The van der Waals surface area contributed by atoms with Gasteiger partial charge in [0.15, 0.2) is 17.3 Å². The molecule has 0 saturated carbocycles. The van der Waals surface area contributed by atoms with E-state index in [0.717, 1.165) is 11.1 Å². The summed E-state index contributed by atoms with van der Waals surface area (Å²) >= 11 is 6.24. The Hall–Kier alpha value is -2.97. The van der Waals surface area contributed by atoms with Gasteiger partial charge in [0.2, 0.25) is 11.7 Å². The van der Waals surface area contributed by atoms with Gasteiger partial charge < -0.3 is 29.6 Å². The van der Waals surface area contributed by atoms with Crippen LogP contribution in [0.2, 0.25) is 5.02 Å². The van der Waals surface area contributed by atoms with Gasteiger partial charge in [-0.2, -0.15) is 4.98 Å². The molecular weight excluding hydrogens is 372 g/mol. The van der Waals surface area contributed by atoms with Crippen molar-refractivity contribution in [3.05, 3.63) is 46.9 Å². The molecule has 3 rings (SSSR count). The number of aliphatic hydroxyl groups excluding tert-OH is 1. The van der Waals surface area contributed by atoms with Crippen LogP contribution >= 0.6 is 11.6 Å². The molecular formula is C18H19ClN4O4. The van der Waals surface area contributed by atoms with Gasteiger partial charge in [-0.1, -0.05) is 11.6 Å². The highest BCUT2D eigenvalue weighted by atomic mass is 35.5. The number of anilines is 2. The summed E-state index contributed by atoms with van der Waals surface area (Å²) < 4.78 is 12.1. The highest BCUT2D eigenvalue weighted by Crippen LogP contribution is 2.39. The van der Waals surface area contributed by atoms with E-state index in [1.54, 1.807) is 16.8 Å². The van der Waals surface area contributed by atoms with Gasteiger partial charge in [0.1, 0.15) is 5.02 Å². The van der Waals surface area contributed by atoms with Crippen molar-refractivity contribution < 1.29 is 19.7 Å². The van der Waals surface area contributed by atoms with Gasteiger partial charge in [0.25, 0.3) is 0 Å². The zero-order chi connectivity index (χ0) is 19.6. The Balaban J connectivity index is 1.96. The largest absolute Gasteiger partial charge is 0.504 e. The Morgan fingerprint density at radius 3 is 2.63 bits per heavy atom. The van der Waals surface area contributed by atoms with Crippen LogP contribution < -0.4 is 14.8 Å². The number of hydrogen-bond donors (Lipinski definition) is 3. The number of aromatic hydroxyl groups is 1. The van der Waals surface area contributed by atoms with Gasteiger partial charge in [0.05, 0.1) is 27.0 Å². The number of aliphatic hydroxyl groups is 1. The van der Waals surface area contributed by atoms with Crippen LogP contribution in [-0.4, -0.2) is 39.0 Å². The summed E-state index contributed by atoms with van der Waals surface area (Å²) in [7, 11) is 2.92. The first kappa shape index (κ1) is 18.8. The first-order valence-corrected chi connectivity index (χ1v) is 8.37. The lowest BCUT2D eigenvalue weighted by Gasteiger charge is -2.13. The van der Waals surface area contributed by atoms with E-state index in [1.807, 2.05) is 13.1 Å². The molecule has 0 spiro atoms. The molecule has 0 saturated heterocycles. The Labute approximate surface area is 161 Å². The molecule has 0 fully saturated rings. The van der Waals surface area contributed by atoms with Crippen molar-refractivity contribution >= 4 is 23.2 Å². The molecule has 27 heavy (non-hydrogen) atoms. The van der Waals surface area contributed by atoms with Gasteiger partial charge in [-0.3, -0.25) is 0 Å². The lowest BCUT2D eigenvalue weighted by molar-refractivity contribution is 0.281. The molecule has 2 heterocycles. The van der Waals surface area contributed by atoms with Crippen LogP contribution in [0.25, 0.3) is 5.82 Å². The summed E-state index contributed by atoms with van der Waals surface area (Å²) in [6.45, 7) is 1.82. The van der Waals surface area contributed by atoms with E-state index in [4.69, 9.17) is 21.1 Å². The maximum absolute atomic E-state index is 10.1. The fraction of sp³-hybridized carbons (Fsp3) is 0.222. The van der Waals surface area contributed by atoms with Gasteiger partial charge >= 0.3 is 0 Å². The van der Waals surface area contributed by atoms with E-state index >= 15 is 0 Å². The molecule has 1 aromatic carbocycles. The second kappa shape index (κ2) is 7.73. The molecule has 3 aromatic rings. The maximum atomic E-state index is 10.1. The number of aromatic nitrogens is 3. The number of hydrogen-bond acceptors (Lipinski definition) is 7. The van der Waals surface area contributed by atoms with E-state index in [9.17, 15) is 10.2 Å². The number of nitrogens with one attached hydrogen (secondary N) is 1. The molecule has 0 amide bonds. The SMILES string of the molecule is COc1cc(Nc2ncc(Cl)c(-n3cc(C)c(CO)c3)n2)cc(O)c1OC. The van der Waals surface area contributed by atoms with Gasteiger partial charge in [-0.25, -0.2) is 4.98 Å². The second-order valence-electron chi connectivity index (χ2n) is 5.75. The maximum Gasteiger partial charge on any atom is 0.229 e. The molecule has 0 radical (unpaired) electrons. The lowest BCUT2D eigenvalue weighted by Crippen LogP contribution is -2.03. The van der Waals surface area contributed by atoms with E-state index in [2.05, 4.69) is 15.3 Å². The topological polar surface area (TPSA) is 102 Å². The minimum Gasteiger partial charge on any atom is -0.504 e. The van der Waals surface area contributed by atoms with E-state index in [0.29, 0.717) is 22.3 Å². The highest BCUT2D eigenvalue weighted by molar-refractivity contribution is 6.32. The molecule has 0 aliphatic carbocycles. The van der Waals surface area contributed by atoms with Crippen molar-refractivity contribution in [2.24, 2.45) is 0 Å². The molecule has 0 atom stereocenters. The van der Waals surface area contributed by atoms with Crippen LogP contribution in [0.4, 0.5) is 11.6 Å². The van der Waals surface area contributed by atoms with E-state index in [-0.39, 0.29) is 24.1 Å². The van der Waals surface area contributed by atoms with Crippen LogP contribution in [0.1, 0.15) is 11.1 Å². The fourth-order valence-corrected chi connectivity index (χ4v) is 2.82. The Kier molecular flexibility index (Phi) is 5.38. The predicted molar refractivity (Wildman–Crippen MR) is 102 cm³/mol. The zero-order valence-corrected chi connectivity index (χ0v) is 15.8. The molecule has 0 bridgehead atoms. The van der Waals surface area contributed by atoms with E-state index < -0.39 is 0 Å². The Bertz CT molecular complexity index is 974. The average Bonchev–Trinajstić information content (AvgIpc) is 3.03.